The molecule has 1 saturated heterocycles. The Bertz CT molecular complexity index is 1100. The molecule has 0 radical (unpaired) electrons. The fraction of sp³-hybridized carbons (Fsp3) is 0.267. The number of anilines is 1. The number of rotatable bonds is 10. The fourth-order valence-electron chi connectivity index (χ4n) is 4.34. The van der Waals surface area contributed by atoms with Gasteiger partial charge in [-0.1, -0.05) is 72.8 Å². The maximum absolute atomic E-state index is 12.0. The van der Waals surface area contributed by atoms with Crippen molar-refractivity contribution in [1.29, 1.82) is 0 Å². The molecule has 5 heteroatoms. The molecule has 1 aliphatic heterocycles. The first-order chi connectivity index (χ1) is 17.3. The molecule has 0 unspecified atom stereocenters. The van der Waals surface area contributed by atoms with E-state index < -0.39 is 0 Å². The molecule has 1 aromatic heterocycles. The number of carbonyl (C=O) groups excluding carboxylic acids is 1. The van der Waals surface area contributed by atoms with E-state index in [1.165, 1.54) is 16.8 Å². The van der Waals surface area contributed by atoms with Gasteiger partial charge >= 0.3 is 0 Å². The van der Waals surface area contributed by atoms with Crippen LogP contribution in [0, 0.1) is 0 Å². The lowest BCUT2D eigenvalue weighted by Crippen LogP contribution is -2.46. The molecule has 35 heavy (non-hydrogen) atoms. The van der Waals surface area contributed by atoms with Crippen LogP contribution in [-0.4, -0.2) is 55.1 Å². The van der Waals surface area contributed by atoms with Gasteiger partial charge in [-0.3, -0.25) is 14.7 Å². The van der Waals surface area contributed by atoms with Gasteiger partial charge < -0.3 is 10.2 Å². The van der Waals surface area contributed by atoms with Crippen LogP contribution in [0.25, 0.3) is 17.2 Å². The Morgan fingerprint density at radius 3 is 2.49 bits per heavy atom. The minimum atomic E-state index is -0.0495. The SMILES string of the molecule is O=C(/C=C/C=C/c1cccnc1)NCCCCN1CCN(c2ccccc2-c2ccccc2)CC1. The van der Waals surface area contributed by atoms with Crippen molar-refractivity contribution in [2.24, 2.45) is 0 Å². The van der Waals surface area contributed by atoms with Gasteiger partial charge in [0.1, 0.15) is 0 Å². The first-order valence-electron chi connectivity index (χ1n) is 12.4. The van der Waals surface area contributed by atoms with Crippen molar-refractivity contribution in [2.75, 3.05) is 44.2 Å². The highest BCUT2D eigenvalue weighted by atomic mass is 16.1. The monoisotopic (exact) mass is 466 g/mol. The Balaban J connectivity index is 1.13. The first-order valence-corrected chi connectivity index (χ1v) is 12.4. The molecule has 1 aliphatic rings. The van der Waals surface area contributed by atoms with E-state index in [0.29, 0.717) is 6.54 Å². The molecule has 0 aliphatic carbocycles. The van der Waals surface area contributed by atoms with Crippen LogP contribution in [0.4, 0.5) is 5.69 Å². The van der Waals surface area contributed by atoms with Crippen molar-refractivity contribution in [3.8, 4) is 11.1 Å². The van der Waals surface area contributed by atoms with Crippen LogP contribution in [0.15, 0.2) is 97.4 Å². The summed E-state index contributed by atoms with van der Waals surface area (Å²) in [5.74, 6) is -0.0495. The smallest absolute Gasteiger partial charge is 0.243 e. The Labute approximate surface area is 208 Å². The second-order valence-electron chi connectivity index (χ2n) is 8.71. The maximum Gasteiger partial charge on any atom is 0.243 e. The second-order valence-corrected chi connectivity index (χ2v) is 8.71. The summed E-state index contributed by atoms with van der Waals surface area (Å²) in [6, 6.07) is 23.2. The minimum Gasteiger partial charge on any atom is -0.368 e. The number of amides is 1. The highest BCUT2D eigenvalue weighted by molar-refractivity contribution is 5.87. The zero-order valence-corrected chi connectivity index (χ0v) is 20.2. The van der Waals surface area contributed by atoms with Crippen LogP contribution >= 0.6 is 0 Å². The largest absolute Gasteiger partial charge is 0.368 e. The quantitative estimate of drug-likeness (QED) is 0.258. The molecule has 2 heterocycles. The molecule has 1 amide bonds. The van der Waals surface area contributed by atoms with E-state index in [1.807, 2.05) is 24.3 Å². The average molecular weight is 467 g/mol. The summed E-state index contributed by atoms with van der Waals surface area (Å²) in [5.41, 5.74) is 4.91. The molecule has 1 fully saturated rings. The fourth-order valence-corrected chi connectivity index (χ4v) is 4.34. The van der Waals surface area contributed by atoms with Crippen molar-refractivity contribution >= 4 is 17.7 Å². The molecule has 0 atom stereocenters. The zero-order chi connectivity index (χ0) is 24.1. The molecule has 3 aromatic rings. The average Bonchev–Trinajstić information content (AvgIpc) is 2.92. The third-order valence-electron chi connectivity index (χ3n) is 6.23. The number of aromatic nitrogens is 1. The highest BCUT2D eigenvalue weighted by Gasteiger charge is 2.19. The van der Waals surface area contributed by atoms with Crippen LogP contribution in [0.3, 0.4) is 0 Å². The van der Waals surface area contributed by atoms with Crippen LogP contribution < -0.4 is 10.2 Å². The van der Waals surface area contributed by atoms with Gasteiger partial charge in [-0.15, -0.1) is 0 Å². The van der Waals surface area contributed by atoms with Crippen LogP contribution in [-0.2, 0) is 4.79 Å². The number of pyridine rings is 1. The number of carbonyl (C=O) groups is 1. The Hall–Kier alpha value is -3.70. The summed E-state index contributed by atoms with van der Waals surface area (Å²) < 4.78 is 0. The zero-order valence-electron chi connectivity index (χ0n) is 20.2. The lowest BCUT2D eigenvalue weighted by molar-refractivity contribution is -0.116. The van der Waals surface area contributed by atoms with Crippen molar-refractivity contribution < 1.29 is 4.79 Å². The van der Waals surface area contributed by atoms with E-state index >= 15 is 0 Å². The second kappa shape index (κ2) is 13.3. The van der Waals surface area contributed by atoms with Gasteiger partial charge in [-0.25, -0.2) is 0 Å². The molecule has 4 rings (SSSR count). The van der Waals surface area contributed by atoms with Gasteiger partial charge in [0.2, 0.25) is 5.91 Å². The summed E-state index contributed by atoms with van der Waals surface area (Å²) in [6.45, 7) is 6.01. The lowest BCUT2D eigenvalue weighted by atomic mass is 10.0. The van der Waals surface area contributed by atoms with Crippen molar-refractivity contribution in [3.63, 3.8) is 0 Å². The number of piperazine rings is 1. The summed E-state index contributed by atoms with van der Waals surface area (Å²) in [4.78, 5) is 21.1. The number of nitrogens with one attached hydrogen (secondary N) is 1. The van der Waals surface area contributed by atoms with E-state index in [-0.39, 0.29) is 5.91 Å². The van der Waals surface area contributed by atoms with E-state index in [4.69, 9.17) is 0 Å². The van der Waals surface area contributed by atoms with E-state index in [0.717, 1.165) is 51.1 Å². The molecular weight excluding hydrogens is 432 g/mol. The third kappa shape index (κ3) is 7.66. The van der Waals surface area contributed by atoms with Gasteiger partial charge in [0.15, 0.2) is 0 Å². The molecule has 180 valence electrons. The maximum atomic E-state index is 12.0. The van der Waals surface area contributed by atoms with Crippen LogP contribution in [0.2, 0.25) is 0 Å². The summed E-state index contributed by atoms with van der Waals surface area (Å²) in [6.07, 6.45) is 12.7. The highest BCUT2D eigenvalue weighted by Crippen LogP contribution is 2.31. The molecule has 0 bridgehead atoms. The predicted molar refractivity (Wildman–Crippen MR) is 145 cm³/mol. The number of benzene rings is 2. The Kier molecular flexibility index (Phi) is 9.25. The number of hydrogen-bond acceptors (Lipinski definition) is 4. The number of unbranched alkanes of at least 4 members (excludes halogenated alkanes) is 1. The van der Waals surface area contributed by atoms with Gasteiger partial charge in [0.25, 0.3) is 0 Å². The summed E-state index contributed by atoms with van der Waals surface area (Å²) in [5, 5.41) is 2.97. The van der Waals surface area contributed by atoms with E-state index in [9.17, 15) is 4.79 Å². The van der Waals surface area contributed by atoms with Crippen molar-refractivity contribution in [2.45, 2.75) is 12.8 Å². The Morgan fingerprint density at radius 1 is 0.886 bits per heavy atom. The standard InChI is InChI=1S/C30H34N4O/c35-30(17-7-4-11-26-12-10-18-31-25-26)32-19-8-9-20-33-21-23-34(24-22-33)29-16-6-5-15-28(29)27-13-2-1-3-14-27/h1-7,10-18,25H,8-9,19-24H2,(H,32,35)/b11-4+,17-7+. The van der Waals surface area contributed by atoms with Crippen LogP contribution in [0.1, 0.15) is 18.4 Å². The molecule has 0 saturated carbocycles. The number of allylic oxidation sites excluding steroid dienone is 2. The summed E-state index contributed by atoms with van der Waals surface area (Å²) in [7, 11) is 0. The number of para-hydroxylation sites is 1. The number of hydrogen-bond donors (Lipinski definition) is 1. The molecule has 0 spiro atoms. The van der Waals surface area contributed by atoms with Gasteiger partial charge in [-0.05, 0) is 42.6 Å². The van der Waals surface area contributed by atoms with Crippen molar-refractivity contribution in [3.05, 3.63) is 103 Å². The Morgan fingerprint density at radius 2 is 1.69 bits per heavy atom. The topological polar surface area (TPSA) is 48.5 Å². The predicted octanol–water partition coefficient (Wildman–Crippen LogP) is 5.04. The summed E-state index contributed by atoms with van der Waals surface area (Å²) >= 11 is 0. The first kappa shape index (κ1) is 24.4. The van der Waals surface area contributed by atoms with E-state index in [2.05, 4.69) is 74.7 Å². The molecule has 5 nitrogen and oxygen atoms in total. The molecular formula is C30H34N4O. The third-order valence-corrected chi connectivity index (χ3v) is 6.23. The lowest BCUT2D eigenvalue weighted by Gasteiger charge is -2.37. The van der Waals surface area contributed by atoms with E-state index in [1.54, 1.807) is 24.5 Å². The van der Waals surface area contributed by atoms with Gasteiger partial charge in [-0.2, -0.15) is 0 Å². The number of nitrogens with zero attached hydrogens (tertiary/aromatic N) is 3. The van der Waals surface area contributed by atoms with Gasteiger partial charge in [0.05, 0.1) is 0 Å². The van der Waals surface area contributed by atoms with Crippen LogP contribution in [0.5, 0.6) is 0 Å². The van der Waals surface area contributed by atoms with Gasteiger partial charge in [0, 0.05) is 62.4 Å². The minimum absolute atomic E-state index is 0.0495. The molecule has 2 aromatic carbocycles. The normalized spacial score (nSPS) is 14.6. The molecule has 1 N–H and O–H groups in total. The van der Waals surface area contributed by atoms with Crippen molar-refractivity contribution in [1.82, 2.24) is 15.2 Å².